The molecule has 0 heterocycles. The van der Waals surface area contributed by atoms with Gasteiger partial charge in [0.1, 0.15) is 0 Å². The van der Waals surface area contributed by atoms with Gasteiger partial charge in [-0.3, -0.25) is 9.59 Å². The molecule has 0 aliphatic rings. The van der Waals surface area contributed by atoms with Crippen LogP contribution in [0.5, 0.6) is 0 Å². The lowest BCUT2D eigenvalue weighted by Crippen LogP contribution is -2.45. The van der Waals surface area contributed by atoms with Gasteiger partial charge in [-0.15, -0.1) is 0 Å². The van der Waals surface area contributed by atoms with E-state index in [0.717, 1.165) is 0 Å². The molecule has 88 valence electrons. The van der Waals surface area contributed by atoms with Crippen LogP contribution in [0.1, 0.15) is 27.2 Å². The van der Waals surface area contributed by atoms with E-state index < -0.39 is 17.3 Å². The number of carbonyl (C=O) groups is 2. The fourth-order valence-electron chi connectivity index (χ4n) is 0.944. The van der Waals surface area contributed by atoms with Crippen LogP contribution in [-0.2, 0) is 9.59 Å². The van der Waals surface area contributed by atoms with Gasteiger partial charge in [0.05, 0.1) is 11.3 Å². The second-order valence-electron chi connectivity index (χ2n) is 4.07. The standard InChI is InChI=1S/C10H20N2O3/c1-4-10(3,6-11)9(15)12-5-7(2)8(13)14/h7H,4-6,11H2,1-3H3,(H,12,15)(H,13,14). The Morgan fingerprint density at radius 2 is 2.07 bits per heavy atom. The Kier molecular flexibility index (Phi) is 5.28. The van der Waals surface area contributed by atoms with Gasteiger partial charge in [-0.1, -0.05) is 13.8 Å². The Bertz CT molecular complexity index is 237. The molecule has 0 aromatic carbocycles. The second-order valence-corrected chi connectivity index (χ2v) is 4.07. The van der Waals surface area contributed by atoms with Crippen LogP contribution >= 0.6 is 0 Å². The van der Waals surface area contributed by atoms with Crippen LogP contribution in [0.3, 0.4) is 0 Å². The molecular formula is C10H20N2O3. The molecule has 0 aromatic heterocycles. The van der Waals surface area contributed by atoms with E-state index in [1.165, 1.54) is 0 Å². The summed E-state index contributed by atoms with van der Waals surface area (Å²) in [6.07, 6.45) is 0.636. The molecule has 15 heavy (non-hydrogen) atoms. The molecule has 0 spiro atoms. The zero-order valence-electron chi connectivity index (χ0n) is 9.54. The highest BCUT2D eigenvalue weighted by molar-refractivity contribution is 5.83. The van der Waals surface area contributed by atoms with Gasteiger partial charge in [-0.25, -0.2) is 0 Å². The van der Waals surface area contributed by atoms with E-state index >= 15 is 0 Å². The summed E-state index contributed by atoms with van der Waals surface area (Å²) in [5.74, 6) is -1.67. The Morgan fingerprint density at radius 1 is 1.53 bits per heavy atom. The quantitative estimate of drug-likeness (QED) is 0.591. The molecule has 0 rings (SSSR count). The van der Waals surface area contributed by atoms with Gasteiger partial charge in [0.2, 0.25) is 5.91 Å². The number of nitrogens with two attached hydrogens (primary N) is 1. The Hall–Kier alpha value is -1.10. The van der Waals surface area contributed by atoms with Gasteiger partial charge in [-0.2, -0.15) is 0 Å². The molecule has 4 N–H and O–H groups in total. The van der Waals surface area contributed by atoms with Crippen LogP contribution in [0, 0.1) is 11.3 Å². The molecular weight excluding hydrogens is 196 g/mol. The number of aliphatic carboxylic acids is 1. The van der Waals surface area contributed by atoms with E-state index in [4.69, 9.17) is 10.8 Å². The summed E-state index contributed by atoms with van der Waals surface area (Å²) in [7, 11) is 0. The highest BCUT2D eigenvalue weighted by Crippen LogP contribution is 2.18. The third kappa shape index (κ3) is 3.87. The van der Waals surface area contributed by atoms with E-state index in [1.54, 1.807) is 13.8 Å². The number of hydrogen-bond donors (Lipinski definition) is 3. The maximum Gasteiger partial charge on any atom is 0.308 e. The fourth-order valence-corrected chi connectivity index (χ4v) is 0.944. The van der Waals surface area contributed by atoms with Crippen LogP contribution in [0.25, 0.3) is 0 Å². The van der Waals surface area contributed by atoms with E-state index in [9.17, 15) is 9.59 Å². The van der Waals surface area contributed by atoms with Gasteiger partial charge in [-0.05, 0) is 13.3 Å². The molecule has 0 radical (unpaired) electrons. The van der Waals surface area contributed by atoms with Crippen LogP contribution in [0.15, 0.2) is 0 Å². The zero-order chi connectivity index (χ0) is 12.1. The largest absolute Gasteiger partial charge is 0.481 e. The fraction of sp³-hybridized carbons (Fsp3) is 0.800. The van der Waals surface area contributed by atoms with Crippen molar-refractivity contribution in [1.82, 2.24) is 5.32 Å². The summed E-state index contributed by atoms with van der Waals surface area (Å²) in [6, 6.07) is 0. The first-order chi connectivity index (χ1) is 6.87. The second kappa shape index (κ2) is 5.70. The van der Waals surface area contributed by atoms with E-state index in [2.05, 4.69) is 5.32 Å². The van der Waals surface area contributed by atoms with Crippen molar-refractivity contribution in [1.29, 1.82) is 0 Å². The minimum atomic E-state index is -0.916. The Balaban J connectivity index is 4.19. The third-order valence-electron chi connectivity index (χ3n) is 2.77. The minimum absolute atomic E-state index is 0.143. The molecule has 0 fully saturated rings. The third-order valence-corrected chi connectivity index (χ3v) is 2.77. The highest BCUT2D eigenvalue weighted by atomic mass is 16.4. The van der Waals surface area contributed by atoms with Gasteiger partial charge >= 0.3 is 5.97 Å². The molecule has 2 unspecified atom stereocenters. The predicted molar refractivity (Wildman–Crippen MR) is 57.3 cm³/mol. The molecule has 2 atom stereocenters. The molecule has 0 saturated carbocycles. The molecule has 5 nitrogen and oxygen atoms in total. The number of carboxylic acids is 1. The number of carboxylic acid groups (broad SMARTS) is 1. The summed E-state index contributed by atoms with van der Waals surface area (Å²) in [5, 5.41) is 11.2. The first-order valence-electron chi connectivity index (χ1n) is 5.08. The first kappa shape index (κ1) is 13.9. The monoisotopic (exact) mass is 216 g/mol. The van der Waals surface area contributed by atoms with Crippen molar-refractivity contribution in [3.63, 3.8) is 0 Å². The zero-order valence-corrected chi connectivity index (χ0v) is 9.54. The van der Waals surface area contributed by atoms with E-state index in [0.29, 0.717) is 6.42 Å². The van der Waals surface area contributed by atoms with Crippen molar-refractivity contribution < 1.29 is 14.7 Å². The summed E-state index contributed by atoms with van der Waals surface area (Å²) in [6.45, 7) is 5.61. The van der Waals surface area contributed by atoms with Crippen molar-refractivity contribution in [2.45, 2.75) is 27.2 Å². The van der Waals surface area contributed by atoms with Crippen molar-refractivity contribution >= 4 is 11.9 Å². The SMILES string of the molecule is CCC(C)(CN)C(=O)NCC(C)C(=O)O. The van der Waals surface area contributed by atoms with Crippen LogP contribution in [-0.4, -0.2) is 30.1 Å². The van der Waals surface area contributed by atoms with Gasteiger partial charge < -0.3 is 16.2 Å². The average Bonchev–Trinajstić information content (AvgIpc) is 2.23. The maximum absolute atomic E-state index is 11.7. The summed E-state index contributed by atoms with van der Waals surface area (Å²) < 4.78 is 0. The highest BCUT2D eigenvalue weighted by Gasteiger charge is 2.29. The van der Waals surface area contributed by atoms with Gasteiger partial charge in [0.25, 0.3) is 0 Å². The Labute approximate surface area is 90.0 Å². The average molecular weight is 216 g/mol. The number of nitrogens with one attached hydrogen (secondary N) is 1. The number of rotatable bonds is 6. The summed E-state index contributed by atoms with van der Waals surface area (Å²) in [4.78, 5) is 22.2. The predicted octanol–water partition coefficient (Wildman–Crippen LogP) is 0.198. The number of hydrogen-bond acceptors (Lipinski definition) is 3. The van der Waals surface area contributed by atoms with Crippen LogP contribution < -0.4 is 11.1 Å². The smallest absolute Gasteiger partial charge is 0.308 e. The van der Waals surface area contributed by atoms with Crippen LogP contribution in [0.2, 0.25) is 0 Å². The Morgan fingerprint density at radius 3 is 2.40 bits per heavy atom. The van der Waals surface area contributed by atoms with Gasteiger partial charge in [0.15, 0.2) is 0 Å². The topological polar surface area (TPSA) is 92.4 Å². The first-order valence-corrected chi connectivity index (χ1v) is 5.08. The lowest BCUT2D eigenvalue weighted by atomic mass is 9.86. The summed E-state index contributed by atoms with van der Waals surface area (Å²) in [5.41, 5.74) is 4.91. The minimum Gasteiger partial charge on any atom is -0.481 e. The van der Waals surface area contributed by atoms with Crippen molar-refractivity contribution in [3.05, 3.63) is 0 Å². The molecule has 0 bridgehead atoms. The lowest BCUT2D eigenvalue weighted by molar-refractivity contribution is -0.141. The van der Waals surface area contributed by atoms with Crippen LogP contribution in [0.4, 0.5) is 0 Å². The van der Waals surface area contributed by atoms with Gasteiger partial charge in [0, 0.05) is 13.1 Å². The van der Waals surface area contributed by atoms with Crippen molar-refractivity contribution in [3.8, 4) is 0 Å². The molecule has 0 saturated heterocycles. The molecule has 0 aromatic rings. The number of carbonyl (C=O) groups excluding carboxylic acids is 1. The van der Waals surface area contributed by atoms with E-state index in [1.807, 2.05) is 6.92 Å². The molecule has 0 aliphatic heterocycles. The molecule has 0 aliphatic carbocycles. The lowest BCUT2D eigenvalue weighted by Gasteiger charge is -2.25. The molecule has 5 heteroatoms. The van der Waals surface area contributed by atoms with Crippen molar-refractivity contribution in [2.75, 3.05) is 13.1 Å². The summed E-state index contributed by atoms with van der Waals surface area (Å²) >= 11 is 0. The normalized spacial score (nSPS) is 16.5. The maximum atomic E-state index is 11.7. The number of amides is 1. The molecule has 1 amide bonds. The van der Waals surface area contributed by atoms with Crippen molar-refractivity contribution in [2.24, 2.45) is 17.1 Å². The van der Waals surface area contributed by atoms with E-state index in [-0.39, 0.29) is 19.0 Å².